The number of fused-ring (bicyclic) bond motifs is 2. The second-order valence-corrected chi connectivity index (χ2v) is 6.58. The molecule has 0 fully saturated rings. The number of rotatable bonds is 5. The van der Waals surface area contributed by atoms with Gasteiger partial charge in [-0.05, 0) is 29.0 Å². The molecule has 3 aromatic rings. The molecule has 1 heterocycles. The lowest BCUT2D eigenvalue weighted by atomic mass is 10.0. The van der Waals surface area contributed by atoms with Gasteiger partial charge in [0.25, 0.3) is 5.91 Å². The summed E-state index contributed by atoms with van der Waals surface area (Å²) in [5.41, 5.74) is 0.960. The summed E-state index contributed by atoms with van der Waals surface area (Å²) in [7, 11) is 0. The summed E-state index contributed by atoms with van der Waals surface area (Å²) >= 11 is 0. The van der Waals surface area contributed by atoms with Crippen molar-refractivity contribution in [1.29, 1.82) is 0 Å². The number of aromatic carboxylic acids is 1. The average molecular weight is 377 g/mol. The minimum Gasteiger partial charge on any atom is -0.493 e. The summed E-state index contributed by atoms with van der Waals surface area (Å²) in [6.45, 7) is 0.259. The van der Waals surface area contributed by atoms with E-state index in [1.807, 2.05) is 48.5 Å². The predicted octanol–water partition coefficient (Wildman–Crippen LogP) is 3.56. The van der Waals surface area contributed by atoms with Crippen molar-refractivity contribution in [3.63, 3.8) is 0 Å². The third kappa shape index (κ3) is 3.62. The third-order valence-corrected chi connectivity index (χ3v) is 4.73. The van der Waals surface area contributed by atoms with E-state index >= 15 is 0 Å². The molecular formula is C22H19NO5. The fourth-order valence-corrected chi connectivity index (χ4v) is 3.38. The molecular weight excluding hydrogens is 358 g/mol. The van der Waals surface area contributed by atoms with E-state index in [4.69, 9.17) is 9.47 Å². The van der Waals surface area contributed by atoms with E-state index in [0.717, 1.165) is 22.1 Å². The summed E-state index contributed by atoms with van der Waals surface area (Å²) < 4.78 is 11.2. The zero-order valence-electron chi connectivity index (χ0n) is 15.1. The Hall–Kier alpha value is -3.54. The topological polar surface area (TPSA) is 84.9 Å². The molecule has 0 spiro atoms. The zero-order chi connectivity index (χ0) is 19.5. The van der Waals surface area contributed by atoms with Crippen LogP contribution in [-0.2, 0) is 4.79 Å². The first-order chi connectivity index (χ1) is 13.6. The molecule has 0 aliphatic carbocycles. The second kappa shape index (κ2) is 7.60. The van der Waals surface area contributed by atoms with Crippen LogP contribution in [0.4, 0.5) is 0 Å². The number of carbonyl (C=O) groups excluding carboxylic acids is 1. The number of para-hydroxylation sites is 1. The maximum absolute atomic E-state index is 12.4. The minimum atomic E-state index is -1.10. The molecule has 0 radical (unpaired) electrons. The maximum Gasteiger partial charge on any atom is 0.339 e. The highest BCUT2D eigenvalue weighted by Gasteiger charge is 2.23. The van der Waals surface area contributed by atoms with Gasteiger partial charge in [-0.1, -0.05) is 42.5 Å². The van der Waals surface area contributed by atoms with Crippen LogP contribution in [-0.4, -0.2) is 30.2 Å². The molecule has 0 saturated carbocycles. The predicted molar refractivity (Wildman–Crippen MR) is 104 cm³/mol. The molecule has 0 saturated heterocycles. The zero-order valence-corrected chi connectivity index (χ0v) is 15.1. The van der Waals surface area contributed by atoms with Gasteiger partial charge in [-0.3, -0.25) is 4.79 Å². The molecule has 4 rings (SSSR count). The number of carboxylic acids is 1. The smallest absolute Gasteiger partial charge is 0.339 e. The fraction of sp³-hybridized carbons (Fsp3) is 0.182. The minimum absolute atomic E-state index is 0.0305. The van der Waals surface area contributed by atoms with E-state index in [0.29, 0.717) is 13.0 Å². The third-order valence-electron chi connectivity index (χ3n) is 4.73. The van der Waals surface area contributed by atoms with Crippen LogP contribution in [0.15, 0.2) is 60.7 Å². The maximum atomic E-state index is 12.4. The average Bonchev–Trinajstić information content (AvgIpc) is 2.71. The molecule has 6 heteroatoms. The number of ether oxygens (including phenoxy) is 2. The summed E-state index contributed by atoms with van der Waals surface area (Å²) in [5.74, 6) is -0.470. The Labute approximate surface area is 161 Å². The molecule has 1 atom stereocenters. The first-order valence-corrected chi connectivity index (χ1v) is 9.02. The summed E-state index contributed by atoms with van der Waals surface area (Å²) in [5, 5.41) is 14.1. The number of benzene rings is 3. The Morgan fingerprint density at radius 2 is 1.79 bits per heavy atom. The van der Waals surface area contributed by atoms with E-state index in [-0.39, 0.29) is 29.9 Å². The number of carbonyl (C=O) groups is 2. The number of hydrogen-bond donors (Lipinski definition) is 2. The van der Waals surface area contributed by atoms with Crippen molar-refractivity contribution in [2.75, 3.05) is 13.2 Å². The van der Waals surface area contributed by atoms with Crippen LogP contribution in [0.5, 0.6) is 11.5 Å². The van der Waals surface area contributed by atoms with Crippen molar-refractivity contribution in [3.05, 3.63) is 71.8 Å². The number of nitrogens with one attached hydrogen (secondary N) is 1. The van der Waals surface area contributed by atoms with Crippen LogP contribution in [0, 0.1) is 0 Å². The SMILES string of the molecule is O=C(COc1cc2ccccc2cc1C(=O)O)N[C@H]1CCOc2ccccc21. The van der Waals surface area contributed by atoms with E-state index < -0.39 is 5.97 Å². The van der Waals surface area contributed by atoms with Gasteiger partial charge in [-0.15, -0.1) is 0 Å². The lowest BCUT2D eigenvalue weighted by Crippen LogP contribution is -2.35. The van der Waals surface area contributed by atoms with Gasteiger partial charge >= 0.3 is 5.97 Å². The van der Waals surface area contributed by atoms with E-state index in [1.54, 1.807) is 12.1 Å². The van der Waals surface area contributed by atoms with Crippen molar-refractivity contribution < 1.29 is 24.2 Å². The standard InChI is InChI=1S/C22H19NO5/c24-21(23-18-9-10-27-19-8-4-3-7-16(18)19)13-28-20-12-15-6-2-1-5-14(15)11-17(20)22(25)26/h1-8,11-12,18H,9-10,13H2,(H,23,24)(H,25,26)/t18-/m0/s1. The Balaban J connectivity index is 1.48. The molecule has 6 nitrogen and oxygen atoms in total. The van der Waals surface area contributed by atoms with Crippen LogP contribution in [0.1, 0.15) is 28.4 Å². The van der Waals surface area contributed by atoms with Gasteiger partial charge in [0.15, 0.2) is 6.61 Å². The van der Waals surface area contributed by atoms with Gasteiger partial charge in [0, 0.05) is 12.0 Å². The monoisotopic (exact) mass is 377 g/mol. The van der Waals surface area contributed by atoms with Crippen LogP contribution in [0.3, 0.4) is 0 Å². The van der Waals surface area contributed by atoms with Crippen molar-refractivity contribution in [2.24, 2.45) is 0 Å². The van der Waals surface area contributed by atoms with Gasteiger partial charge in [0.1, 0.15) is 17.1 Å². The lowest BCUT2D eigenvalue weighted by molar-refractivity contribution is -0.124. The molecule has 1 aliphatic heterocycles. The van der Waals surface area contributed by atoms with E-state index in [9.17, 15) is 14.7 Å². The van der Waals surface area contributed by atoms with Gasteiger partial charge in [0.05, 0.1) is 12.6 Å². The molecule has 3 aromatic carbocycles. The van der Waals surface area contributed by atoms with Crippen molar-refractivity contribution >= 4 is 22.6 Å². The van der Waals surface area contributed by atoms with Crippen LogP contribution >= 0.6 is 0 Å². The molecule has 0 unspecified atom stereocenters. The van der Waals surface area contributed by atoms with Crippen LogP contribution in [0.2, 0.25) is 0 Å². The van der Waals surface area contributed by atoms with Crippen molar-refractivity contribution in [1.82, 2.24) is 5.32 Å². The number of hydrogen-bond acceptors (Lipinski definition) is 4. The van der Waals surface area contributed by atoms with Crippen molar-refractivity contribution in [3.8, 4) is 11.5 Å². The Morgan fingerprint density at radius 3 is 2.57 bits per heavy atom. The largest absolute Gasteiger partial charge is 0.493 e. The summed E-state index contributed by atoms with van der Waals surface area (Å²) in [6, 6.07) is 18.0. The number of carboxylic acid groups (broad SMARTS) is 1. The molecule has 0 aromatic heterocycles. The fourth-order valence-electron chi connectivity index (χ4n) is 3.38. The molecule has 1 amide bonds. The molecule has 1 aliphatic rings. The highest BCUT2D eigenvalue weighted by Crippen LogP contribution is 2.31. The Morgan fingerprint density at radius 1 is 1.07 bits per heavy atom. The molecule has 142 valence electrons. The number of amides is 1. The molecule has 0 bridgehead atoms. The van der Waals surface area contributed by atoms with Crippen LogP contribution < -0.4 is 14.8 Å². The normalized spacial score (nSPS) is 15.4. The second-order valence-electron chi connectivity index (χ2n) is 6.58. The highest BCUT2D eigenvalue weighted by atomic mass is 16.5. The van der Waals surface area contributed by atoms with Crippen LogP contribution in [0.25, 0.3) is 10.8 Å². The Kier molecular flexibility index (Phi) is 4.85. The quantitative estimate of drug-likeness (QED) is 0.710. The van der Waals surface area contributed by atoms with Gasteiger partial charge < -0.3 is 19.9 Å². The van der Waals surface area contributed by atoms with Gasteiger partial charge in [0.2, 0.25) is 0 Å². The lowest BCUT2D eigenvalue weighted by Gasteiger charge is -2.26. The Bertz CT molecular complexity index is 1050. The molecule has 2 N–H and O–H groups in total. The first kappa shape index (κ1) is 17.9. The van der Waals surface area contributed by atoms with E-state index in [1.165, 1.54) is 0 Å². The van der Waals surface area contributed by atoms with E-state index in [2.05, 4.69) is 5.32 Å². The van der Waals surface area contributed by atoms with Crippen molar-refractivity contribution in [2.45, 2.75) is 12.5 Å². The summed E-state index contributed by atoms with van der Waals surface area (Å²) in [6.07, 6.45) is 0.666. The highest BCUT2D eigenvalue weighted by molar-refractivity contribution is 5.97. The van der Waals surface area contributed by atoms with Gasteiger partial charge in [-0.2, -0.15) is 0 Å². The first-order valence-electron chi connectivity index (χ1n) is 9.02. The van der Waals surface area contributed by atoms with Gasteiger partial charge in [-0.25, -0.2) is 4.79 Å². The summed E-state index contributed by atoms with van der Waals surface area (Å²) in [4.78, 5) is 24.0. The molecule has 28 heavy (non-hydrogen) atoms.